The van der Waals surface area contributed by atoms with Crippen LogP contribution in [-0.2, 0) is 11.8 Å². The molecule has 23 heavy (non-hydrogen) atoms. The van der Waals surface area contributed by atoms with Crippen LogP contribution < -0.4 is 16.8 Å². The molecule has 124 valence electrons. The van der Waals surface area contributed by atoms with Gasteiger partial charge in [-0.05, 0) is 36.9 Å². The van der Waals surface area contributed by atoms with Gasteiger partial charge in [0.05, 0.1) is 5.52 Å². The fourth-order valence-electron chi connectivity index (χ4n) is 3.51. The molecule has 0 radical (unpaired) electrons. The number of benzene rings is 1. The molecule has 0 unspecified atom stereocenters. The van der Waals surface area contributed by atoms with E-state index in [2.05, 4.69) is 5.32 Å². The standard InChI is InChI=1S/C17H23N3O3/c1-20-13-6-5-12(9-14(13)23-16(20)22)19-15(21)10-17(11-18)7-3-2-4-8-17/h5-6,9H,2-4,7-8,10-11,18H2,1H3,(H,19,21). The van der Waals surface area contributed by atoms with Gasteiger partial charge in [0.15, 0.2) is 5.58 Å². The molecule has 0 bridgehead atoms. The number of nitrogens with two attached hydrogens (primary N) is 1. The van der Waals surface area contributed by atoms with Gasteiger partial charge >= 0.3 is 5.76 Å². The van der Waals surface area contributed by atoms with Crippen LogP contribution in [0.2, 0.25) is 0 Å². The number of anilines is 1. The average Bonchev–Trinajstić information content (AvgIpc) is 2.82. The second-order valence-electron chi connectivity index (χ2n) is 6.60. The zero-order valence-electron chi connectivity index (χ0n) is 13.4. The van der Waals surface area contributed by atoms with E-state index in [4.69, 9.17) is 10.2 Å². The summed E-state index contributed by atoms with van der Waals surface area (Å²) >= 11 is 0. The number of amides is 1. The predicted octanol–water partition coefficient (Wildman–Crippen LogP) is 2.37. The van der Waals surface area contributed by atoms with Crippen molar-refractivity contribution in [2.75, 3.05) is 11.9 Å². The van der Waals surface area contributed by atoms with Gasteiger partial charge in [0.25, 0.3) is 0 Å². The molecule has 1 aliphatic carbocycles. The molecule has 0 saturated heterocycles. The Bertz CT molecular complexity index is 769. The van der Waals surface area contributed by atoms with Crippen molar-refractivity contribution in [2.45, 2.75) is 38.5 Å². The van der Waals surface area contributed by atoms with Crippen molar-refractivity contribution in [1.82, 2.24) is 4.57 Å². The van der Waals surface area contributed by atoms with Crippen molar-refractivity contribution in [3.05, 3.63) is 28.7 Å². The van der Waals surface area contributed by atoms with E-state index in [1.807, 2.05) is 0 Å². The molecule has 1 aliphatic rings. The Labute approximate surface area is 134 Å². The number of hydrogen-bond donors (Lipinski definition) is 2. The quantitative estimate of drug-likeness (QED) is 0.906. The normalized spacial score (nSPS) is 17.3. The Morgan fingerprint density at radius 3 is 2.78 bits per heavy atom. The molecule has 1 aromatic carbocycles. The maximum Gasteiger partial charge on any atom is 0.419 e. The first-order chi connectivity index (χ1) is 11.0. The summed E-state index contributed by atoms with van der Waals surface area (Å²) in [5.41, 5.74) is 7.70. The lowest BCUT2D eigenvalue weighted by molar-refractivity contribution is -0.118. The lowest BCUT2D eigenvalue weighted by Crippen LogP contribution is -2.36. The van der Waals surface area contributed by atoms with Crippen LogP contribution in [0.5, 0.6) is 0 Å². The van der Waals surface area contributed by atoms with E-state index in [-0.39, 0.29) is 11.3 Å². The number of rotatable bonds is 4. The minimum Gasteiger partial charge on any atom is -0.408 e. The molecule has 1 aromatic heterocycles. The lowest BCUT2D eigenvalue weighted by atomic mass is 9.71. The summed E-state index contributed by atoms with van der Waals surface area (Å²) in [6.07, 6.45) is 6.00. The van der Waals surface area contributed by atoms with Gasteiger partial charge in [0, 0.05) is 25.2 Å². The Hall–Kier alpha value is -2.08. The monoisotopic (exact) mass is 317 g/mol. The minimum atomic E-state index is -0.409. The Kier molecular flexibility index (Phi) is 4.26. The second-order valence-corrected chi connectivity index (χ2v) is 6.60. The smallest absolute Gasteiger partial charge is 0.408 e. The summed E-state index contributed by atoms with van der Waals surface area (Å²) in [5, 5.41) is 2.90. The van der Waals surface area contributed by atoms with Crippen LogP contribution in [0.1, 0.15) is 38.5 Å². The molecule has 0 spiro atoms. The maximum absolute atomic E-state index is 12.4. The van der Waals surface area contributed by atoms with Crippen molar-refractivity contribution in [2.24, 2.45) is 18.2 Å². The third-order valence-electron chi connectivity index (χ3n) is 4.96. The Balaban J connectivity index is 1.73. The van der Waals surface area contributed by atoms with Gasteiger partial charge in [-0.1, -0.05) is 19.3 Å². The van der Waals surface area contributed by atoms with E-state index in [0.29, 0.717) is 29.8 Å². The molecule has 3 rings (SSSR count). The number of fused-ring (bicyclic) bond motifs is 1. The molecule has 0 aliphatic heterocycles. The van der Waals surface area contributed by atoms with E-state index < -0.39 is 5.76 Å². The number of oxazole rings is 1. The zero-order valence-corrected chi connectivity index (χ0v) is 13.4. The van der Waals surface area contributed by atoms with Crippen LogP contribution in [0.15, 0.2) is 27.4 Å². The highest BCUT2D eigenvalue weighted by Gasteiger charge is 2.32. The number of aryl methyl sites for hydroxylation is 1. The number of nitrogens with zero attached hydrogens (tertiary/aromatic N) is 1. The SMILES string of the molecule is Cn1c(=O)oc2cc(NC(=O)CC3(CN)CCCCC3)ccc21. The van der Waals surface area contributed by atoms with Gasteiger partial charge in [-0.15, -0.1) is 0 Å². The molecular formula is C17H23N3O3. The van der Waals surface area contributed by atoms with Crippen molar-refractivity contribution in [3.63, 3.8) is 0 Å². The summed E-state index contributed by atoms with van der Waals surface area (Å²) in [6, 6.07) is 5.24. The van der Waals surface area contributed by atoms with Gasteiger partial charge in [0.2, 0.25) is 5.91 Å². The first kappa shape index (κ1) is 15.8. The summed E-state index contributed by atoms with van der Waals surface area (Å²) in [6.45, 7) is 0.549. The molecule has 0 atom stereocenters. The van der Waals surface area contributed by atoms with Gasteiger partial charge in [-0.3, -0.25) is 9.36 Å². The highest BCUT2D eigenvalue weighted by Crippen LogP contribution is 2.38. The number of nitrogens with one attached hydrogen (secondary N) is 1. The van der Waals surface area contributed by atoms with Gasteiger partial charge in [-0.25, -0.2) is 4.79 Å². The molecule has 1 heterocycles. The molecule has 3 N–H and O–H groups in total. The van der Waals surface area contributed by atoms with Gasteiger partial charge in [-0.2, -0.15) is 0 Å². The van der Waals surface area contributed by atoms with Crippen molar-refractivity contribution in [1.29, 1.82) is 0 Å². The summed E-state index contributed by atoms with van der Waals surface area (Å²) in [7, 11) is 1.65. The highest BCUT2D eigenvalue weighted by atomic mass is 16.4. The number of aromatic nitrogens is 1. The fraction of sp³-hybridized carbons (Fsp3) is 0.529. The van der Waals surface area contributed by atoms with E-state index in [1.54, 1.807) is 25.2 Å². The van der Waals surface area contributed by atoms with Crippen LogP contribution >= 0.6 is 0 Å². The van der Waals surface area contributed by atoms with Crippen molar-refractivity contribution >= 4 is 22.7 Å². The third-order valence-corrected chi connectivity index (χ3v) is 4.96. The molecule has 1 saturated carbocycles. The Morgan fingerprint density at radius 1 is 1.35 bits per heavy atom. The fourth-order valence-corrected chi connectivity index (χ4v) is 3.51. The molecule has 1 fully saturated rings. The predicted molar refractivity (Wildman–Crippen MR) is 89.3 cm³/mol. The molecule has 1 amide bonds. The topological polar surface area (TPSA) is 90.3 Å². The van der Waals surface area contributed by atoms with Crippen LogP contribution in [-0.4, -0.2) is 17.0 Å². The van der Waals surface area contributed by atoms with E-state index in [1.165, 1.54) is 11.0 Å². The van der Waals surface area contributed by atoms with Crippen LogP contribution in [0, 0.1) is 5.41 Å². The van der Waals surface area contributed by atoms with E-state index in [0.717, 1.165) is 25.7 Å². The molecule has 6 heteroatoms. The lowest BCUT2D eigenvalue weighted by Gasteiger charge is -2.35. The van der Waals surface area contributed by atoms with Crippen LogP contribution in [0.4, 0.5) is 5.69 Å². The van der Waals surface area contributed by atoms with Crippen LogP contribution in [0.3, 0.4) is 0 Å². The maximum atomic E-state index is 12.4. The first-order valence-corrected chi connectivity index (χ1v) is 8.12. The summed E-state index contributed by atoms with van der Waals surface area (Å²) in [5.74, 6) is -0.442. The van der Waals surface area contributed by atoms with Crippen molar-refractivity contribution < 1.29 is 9.21 Å². The van der Waals surface area contributed by atoms with E-state index >= 15 is 0 Å². The number of carbonyl (C=O) groups is 1. The first-order valence-electron chi connectivity index (χ1n) is 8.12. The average molecular weight is 317 g/mol. The van der Waals surface area contributed by atoms with Gasteiger partial charge in [0.1, 0.15) is 0 Å². The number of hydrogen-bond acceptors (Lipinski definition) is 4. The van der Waals surface area contributed by atoms with E-state index in [9.17, 15) is 9.59 Å². The largest absolute Gasteiger partial charge is 0.419 e. The molecule has 6 nitrogen and oxygen atoms in total. The van der Waals surface area contributed by atoms with Gasteiger partial charge < -0.3 is 15.5 Å². The summed E-state index contributed by atoms with van der Waals surface area (Å²) < 4.78 is 6.58. The Morgan fingerprint density at radius 2 is 2.09 bits per heavy atom. The second kappa shape index (κ2) is 6.20. The van der Waals surface area contributed by atoms with Crippen LogP contribution in [0.25, 0.3) is 11.1 Å². The summed E-state index contributed by atoms with van der Waals surface area (Å²) in [4.78, 5) is 23.9. The minimum absolute atomic E-state index is 0.0324. The van der Waals surface area contributed by atoms with Crippen molar-refractivity contribution in [3.8, 4) is 0 Å². The highest BCUT2D eigenvalue weighted by molar-refractivity contribution is 5.93. The molecule has 2 aromatic rings. The number of carbonyl (C=O) groups excluding carboxylic acids is 1. The zero-order chi connectivity index (χ0) is 16.4. The molecular weight excluding hydrogens is 294 g/mol. The third kappa shape index (κ3) is 3.17.